The number of carbonyl (C=O) groups excluding carboxylic acids is 1. The summed E-state index contributed by atoms with van der Waals surface area (Å²) < 4.78 is 12.3. The molecule has 1 amide bonds. The lowest BCUT2D eigenvalue weighted by molar-refractivity contribution is 0.0374. The number of hydrogen-bond donors (Lipinski definition) is 1. The van der Waals surface area contributed by atoms with E-state index in [1.54, 1.807) is 18.0 Å². The van der Waals surface area contributed by atoms with Crippen molar-refractivity contribution in [2.45, 2.75) is 6.42 Å². The summed E-state index contributed by atoms with van der Waals surface area (Å²) in [7, 11) is 1.54. The number of benzene rings is 1. The van der Waals surface area contributed by atoms with Gasteiger partial charge < -0.3 is 14.8 Å². The zero-order chi connectivity index (χ0) is 17.5. The number of amides is 1. The number of rotatable bonds is 7. The Balaban J connectivity index is 1.55. The summed E-state index contributed by atoms with van der Waals surface area (Å²) in [6.07, 6.45) is 2.62. The predicted molar refractivity (Wildman–Crippen MR) is 94.3 cm³/mol. The van der Waals surface area contributed by atoms with Crippen LogP contribution in [0.5, 0.6) is 5.75 Å². The predicted octanol–water partition coefficient (Wildman–Crippen LogP) is 1.33. The smallest absolute Gasteiger partial charge is 0.275 e. The maximum atomic E-state index is 12.4. The molecule has 134 valence electrons. The quantitative estimate of drug-likeness (QED) is 0.768. The van der Waals surface area contributed by atoms with Crippen molar-refractivity contribution in [3.63, 3.8) is 0 Å². The second kappa shape index (κ2) is 8.64. The van der Waals surface area contributed by atoms with Crippen molar-refractivity contribution in [2.24, 2.45) is 0 Å². The fourth-order valence-electron chi connectivity index (χ4n) is 2.79. The summed E-state index contributed by atoms with van der Waals surface area (Å²) >= 11 is 0. The largest absolute Gasteiger partial charge is 0.493 e. The monoisotopic (exact) mass is 344 g/mol. The molecule has 2 aromatic rings. The van der Waals surface area contributed by atoms with E-state index in [1.165, 1.54) is 0 Å². The molecule has 0 atom stereocenters. The van der Waals surface area contributed by atoms with Gasteiger partial charge in [0.15, 0.2) is 11.4 Å². The third-order valence-corrected chi connectivity index (χ3v) is 4.18. The van der Waals surface area contributed by atoms with Gasteiger partial charge in [0, 0.05) is 19.6 Å². The van der Waals surface area contributed by atoms with E-state index in [2.05, 4.69) is 15.3 Å². The topological polar surface area (TPSA) is 68.6 Å². The number of hydrogen-bond acceptors (Lipinski definition) is 5. The van der Waals surface area contributed by atoms with Crippen molar-refractivity contribution in [3.05, 3.63) is 42.2 Å². The Morgan fingerprint density at radius 3 is 2.76 bits per heavy atom. The molecule has 3 rings (SSSR count). The van der Waals surface area contributed by atoms with E-state index >= 15 is 0 Å². The van der Waals surface area contributed by atoms with Crippen LogP contribution in [-0.2, 0) is 4.74 Å². The first-order valence-electron chi connectivity index (χ1n) is 8.55. The van der Waals surface area contributed by atoms with E-state index < -0.39 is 0 Å². The second-order valence-electron chi connectivity index (χ2n) is 5.89. The van der Waals surface area contributed by atoms with Gasteiger partial charge >= 0.3 is 0 Å². The summed E-state index contributed by atoms with van der Waals surface area (Å²) in [5.41, 5.74) is 1.19. The maximum absolute atomic E-state index is 12.4. The van der Waals surface area contributed by atoms with E-state index in [1.807, 2.05) is 30.3 Å². The van der Waals surface area contributed by atoms with Crippen LogP contribution in [0.4, 0.5) is 0 Å². The van der Waals surface area contributed by atoms with Gasteiger partial charge in [-0.2, -0.15) is 5.10 Å². The molecule has 1 aliphatic rings. The van der Waals surface area contributed by atoms with Crippen LogP contribution >= 0.6 is 0 Å². The molecule has 0 bridgehead atoms. The highest BCUT2D eigenvalue weighted by Crippen LogP contribution is 2.19. The zero-order valence-corrected chi connectivity index (χ0v) is 14.5. The van der Waals surface area contributed by atoms with Gasteiger partial charge in [-0.25, -0.2) is 4.68 Å². The Morgan fingerprint density at radius 1 is 1.28 bits per heavy atom. The minimum atomic E-state index is -0.214. The van der Waals surface area contributed by atoms with Gasteiger partial charge in [0.2, 0.25) is 0 Å². The third-order valence-electron chi connectivity index (χ3n) is 4.18. The lowest BCUT2D eigenvalue weighted by Crippen LogP contribution is -2.38. The number of morpholine rings is 1. The Hall–Kier alpha value is -2.38. The van der Waals surface area contributed by atoms with Crippen LogP contribution in [-0.4, -0.2) is 67.1 Å². The van der Waals surface area contributed by atoms with Gasteiger partial charge in [-0.05, 0) is 25.1 Å². The first-order chi connectivity index (χ1) is 12.3. The van der Waals surface area contributed by atoms with Gasteiger partial charge in [0.05, 0.1) is 32.2 Å². The number of methoxy groups -OCH3 is 1. The molecule has 1 saturated heterocycles. The normalized spacial score (nSPS) is 15.1. The van der Waals surface area contributed by atoms with Gasteiger partial charge in [0.25, 0.3) is 5.91 Å². The first-order valence-corrected chi connectivity index (χ1v) is 8.55. The average Bonchev–Trinajstić information content (AvgIpc) is 3.11. The highest BCUT2D eigenvalue weighted by Gasteiger charge is 2.18. The molecule has 0 aliphatic carbocycles. The molecule has 0 saturated carbocycles. The molecule has 7 nitrogen and oxygen atoms in total. The van der Waals surface area contributed by atoms with Crippen LogP contribution < -0.4 is 10.1 Å². The van der Waals surface area contributed by atoms with Gasteiger partial charge in [0.1, 0.15) is 0 Å². The third kappa shape index (κ3) is 4.58. The number of carbonyl (C=O) groups is 1. The van der Waals surface area contributed by atoms with Gasteiger partial charge in [-0.15, -0.1) is 0 Å². The van der Waals surface area contributed by atoms with E-state index in [-0.39, 0.29) is 5.91 Å². The number of ether oxygens (including phenoxy) is 2. The minimum Gasteiger partial charge on any atom is -0.493 e. The zero-order valence-electron chi connectivity index (χ0n) is 14.5. The molecule has 1 fully saturated rings. The minimum absolute atomic E-state index is 0.214. The fraction of sp³-hybridized carbons (Fsp3) is 0.444. The van der Waals surface area contributed by atoms with Crippen molar-refractivity contribution in [3.8, 4) is 11.4 Å². The van der Waals surface area contributed by atoms with Crippen LogP contribution in [0.3, 0.4) is 0 Å². The summed E-state index contributed by atoms with van der Waals surface area (Å²) in [6, 6.07) is 9.64. The van der Waals surface area contributed by atoms with Crippen molar-refractivity contribution in [2.75, 3.05) is 46.5 Å². The fourth-order valence-corrected chi connectivity index (χ4v) is 2.79. The number of para-hydroxylation sites is 1. The van der Waals surface area contributed by atoms with Crippen molar-refractivity contribution in [1.82, 2.24) is 20.0 Å². The molecule has 7 heteroatoms. The van der Waals surface area contributed by atoms with Crippen LogP contribution in [0.15, 0.2) is 36.5 Å². The lowest BCUT2D eigenvalue weighted by atomic mass is 10.3. The molecule has 0 spiro atoms. The molecule has 1 aromatic heterocycles. The molecule has 25 heavy (non-hydrogen) atoms. The molecular formula is C18H24N4O3. The summed E-state index contributed by atoms with van der Waals surface area (Å²) in [4.78, 5) is 14.8. The van der Waals surface area contributed by atoms with Crippen molar-refractivity contribution < 1.29 is 14.3 Å². The SMILES string of the molecule is COc1cn(-c2ccccc2)nc1C(=O)NCCCN1CCOCC1. The maximum Gasteiger partial charge on any atom is 0.275 e. The highest BCUT2D eigenvalue weighted by atomic mass is 16.5. The van der Waals surface area contributed by atoms with E-state index in [4.69, 9.17) is 9.47 Å². The molecule has 1 aromatic carbocycles. The highest BCUT2D eigenvalue weighted by molar-refractivity contribution is 5.94. The number of aromatic nitrogens is 2. The summed E-state index contributed by atoms with van der Waals surface area (Å²) in [5, 5.41) is 7.30. The molecule has 2 heterocycles. The number of nitrogens with one attached hydrogen (secondary N) is 1. The van der Waals surface area contributed by atoms with E-state index in [9.17, 15) is 4.79 Å². The molecular weight excluding hydrogens is 320 g/mol. The van der Waals surface area contributed by atoms with Crippen LogP contribution in [0, 0.1) is 0 Å². The molecule has 1 aliphatic heterocycles. The Morgan fingerprint density at radius 2 is 2.04 bits per heavy atom. The van der Waals surface area contributed by atoms with E-state index in [0.717, 1.165) is 45.0 Å². The number of nitrogens with zero attached hydrogens (tertiary/aromatic N) is 3. The molecule has 0 radical (unpaired) electrons. The summed E-state index contributed by atoms with van der Waals surface area (Å²) in [6.45, 7) is 5.07. The van der Waals surface area contributed by atoms with Crippen LogP contribution in [0.25, 0.3) is 5.69 Å². The van der Waals surface area contributed by atoms with Gasteiger partial charge in [-0.3, -0.25) is 9.69 Å². The molecule has 1 N–H and O–H groups in total. The Kier molecular flexibility index (Phi) is 6.03. The summed E-state index contributed by atoms with van der Waals surface area (Å²) in [5.74, 6) is 0.253. The second-order valence-corrected chi connectivity index (χ2v) is 5.89. The average molecular weight is 344 g/mol. The Bertz CT molecular complexity index is 681. The standard InChI is InChI=1S/C18H24N4O3/c1-24-16-14-22(15-6-3-2-4-7-15)20-17(16)18(23)19-8-5-9-21-10-12-25-13-11-21/h2-4,6-7,14H,5,8-13H2,1H3,(H,19,23). The van der Waals surface area contributed by atoms with Crippen LogP contribution in [0.2, 0.25) is 0 Å². The van der Waals surface area contributed by atoms with Crippen molar-refractivity contribution in [1.29, 1.82) is 0 Å². The Labute approximate surface area is 147 Å². The lowest BCUT2D eigenvalue weighted by Gasteiger charge is -2.26. The van der Waals surface area contributed by atoms with Crippen molar-refractivity contribution >= 4 is 5.91 Å². The van der Waals surface area contributed by atoms with Crippen LogP contribution in [0.1, 0.15) is 16.9 Å². The molecule has 0 unspecified atom stereocenters. The van der Waals surface area contributed by atoms with Gasteiger partial charge in [-0.1, -0.05) is 18.2 Å². The van der Waals surface area contributed by atoms with E-state index in [0.29, 0.717) is 18.0 Å². The first kappa shape index (κ1) is 17.4.